The zero-order valence-electron chi connectivity index (χ0n) is 15.1. The number of rotatable bonds is 3. The molecule has 2 amide bonds. The Balaban J connectivity index is 1.60. The topological polar surface area (TPSA) is 56.2 Å². The number of nitrogens with zero attached hydrogens (tertiary/aromatic N) is 4. The lowest BCUT2D eigenvalue weighted by atomic mass is 10.1. The lowest BCUT2D eigenvalue weighted by molar-refractivity contribution is -0.130. The number of benzene rings is 1. The van der Waals surface area contributed by atoms with Crippen LogP contribution in [0.15, 0.2) is 29.4 Å². The molecule has 0 aliphatic carbocycles. The van der Waals surface area contributed by atoms with E-state index in [4.69, 9.17) is 0 Å². The average molecular weight is 342 g/mol. The van der Waals surface area contributed by atoms with Gasteiger partial charge < -0.3 is 4.90 Å². The van der Waals surface area contributed by atoms with Gasteiger partial charge in [0.15, 0.2) is 0 Å². The summed E-state index contributed by atoms with van der Waals surface area (Å²) in [6.07, 6.45) is 1.78. The summed E-state index contributed by atoms with van der Waals surface area (Å²) in [6, 6.07) is 8.46. The van der Waals surface area contributed by atoms with Gasteiger partial charge in [-0.3, -0.25) is 14.5 Å². The number of carbonyl (C=O) groups excluding carboxylic acids is 2. The van der Waals surface area contributed by atoms with Crippen molar-refractivity contribution in [1.29, 1.82) is 0 Å². The van der Waals surface area contributed by atoms with Crippen molar-refractivity contribution < 1.29 is 9.59 Å². The molecule has 1 aromatic rings. The van der Waals surface area contributed by atoms with Gasteiger partial charge >= 0.3 is 0 Å². The first-order chi connectivity index (χ1) is 12.0. The first-order valence-corrected chi connectivity index (χ1v) is 8.95. The molecule has 6 nitrogen and oxygen atoms in total. The minimum atomic E-state index is -0.0307. The average Bonchev–Trinajstić information content (AvgIpc) is 2.84. The minimum Gasteiger partial charge on any atom is -0.336 e. The molecule has 1 aromatic carbocycles. The maximum Gasteiger partial charge on any atom is 0.270 e. The van der Waals surface area contributed by atoms with E-state index in [2.05, 4.69) is 41.2 Å². The zero-order valence-corrected chi connectivity index (χ0v) is 15.1. The quantitative estimate of drug-likeness (QED) is 0.839. The molecule has 0 radical (unpaired) electrons. The predicted octanol–water partition coefficient (Wildman–Crippen LogP) is 1.64. The standard InChI is InChI=1S/C19H26N4O2/c1-15-6-3-4-7-16(15)14-22-10-5-11-23(13-12-22)19(25)17-8-9-18(24)21(2)20-17/h3-4,6-7H,5,8-14H2,1-2H3. The van der Waals surface area contributed by atoms with Crippen LogP contribution in [0.25, 0.3) is 0 Å². The summed E-state index contributed by atoms with van der Waals surface area (Å²) in [7, 11) is 1.61. The van der Waals surface area contributed by atoms with Crippen LogP contribution >= 0.6 is 0 Å². The largest absolute Gasteiger partial charge is 0.336 e. The maximum absolute atomic E-state index is 12.7. The van der Waals surface area contributed by atoms with Crippen LogP contribution in [-0.2, 0) is 16.1 Å². The van der Waals surface area contributed by atoms with E-state index >= 15 is 0 Å². The van der Waals surface area contributed by atoms with Gasteiger partial charge in [0.25, 0.3) is 5.91 Å². The number of hydrogen-bond acceptors (Lipinski definition) is 4. The summed E-state index contributed by atoms with van der Waals surface area (Å²) in [5.74, 6) is -0.0473. The second-order valence-corrected chi connectivity index (χ2v) is 6.81. The molecule has 1 fully saturated rings. The molecule has 0 unspecified atom stereocenters. The fourth-order valence-electron chi connectivity index (χ4n) is 3.37. The molecule has 134 valence electrons. The van der Waals surface area contributed by atoms with Crippen molar-refractivity contribution in [2.75, 3.05) is 33.2 Å². The first kappa shape index (κ1) is 17.6. The monoisotopic (exact) mass is 342 g/mol. The highest BCUT2D eigenvalue weighted by molar-refractivity contribution is 6.39. The summed E-state index contributed by atoms with van der Waals surface area (Å²) in [6.45, 7) is 6.38. The summed E-state index contributed by atoms with van der Waals surface area (Å²) in [5.41, 5.74) is 3.16. The lowest BCUT2D eigenvalue weighted by Crippen LogP contribution is -2.42. The van der Waals surface area contributed by atoms with Crippen molar-refractivity contribution in [3.8, 4) is 0 Å². The summed E-state index contributed by atoms with van der Waals surface area (Å²) >= 11 is 0. The van der Waals surface area contributed by atoms with Crippen molar-refractivity contribution >= 4 is 17.5 Å². The van der Waals surface area contributed by atoms with Gasteiger partial charge in [0, 0.05) is 52.6 Å². The fourth-order valence-corrected chi connectivity index (χ4v) is 3.37. The summed E-state index contributed by atoms with van der Waals surface area (Å²) in [4.78, 5) is 28.5. The van der Waals surface area contributed by atoms with Gasteiger partial charge in [-0.05, 0) is 24.5 Å². The molecule has 2 aliphatic rings. The first-order valence-electron chi connectivity index (χ1n) is 8.95. The van der Waals surface area contributed by atoms with Gasteiger partial charge in [-0.1, -0.05) is 24.3 Å². The summed E-state index contributed by atoms with van der Waals surface area (Å²) < 4.78 is 0. The molecule has 0 bridgehead atoms. The molecule has 0 spiro atoms. The van der Waals surface area contributed by atoms with Crippen LogP contribution in [0.5, 0.6) is 0 Å². The molecule has 25 heavy (non-hydrogen) atoms. The van der Waals surface area contributed by atoms with Gasteiger partial charge in [-0.25, -0.2) is 5.01 Å². The van der Waals surface area contributed by atoms with E-state index in [0.29, 0.717) is 25.1 Å². The van der Waals surface area contributed by atoms with Crippen molar-refractivity contribution in [1.82, 2.24) is 14.8 Å². The van der Waals surface area contributed by atoms with Gasteiger partial charge in [0.05, 0.1) is 0 Å². The Kier molecular flexibility index (Phi) is 5.48. The van der Waals surface area contributed by atoms with Crippen molar-refractivity contribution in [3.63, 3.8) is 0 Å². The molecule has 2 aliphatic heterocycles. The molecular formula is C19H26N4O2. The third-order valence-corrected chi connectivity index (χ3v) is 4.99. The summed E-state index contributed by atoms with van der Waals surface area (Å²) in [5, 5.41) is 5.45. The smallest absolute Gasteiger partial charge is 0.270 e. The Hall–Kier alpha value is -2.21. The molecule has 6 heteroatoms. The maximum atomic E-state index is 12.7. The number of carbonyl (C=O) groups is 2. The van der Waals surface area contributed by atoms with Gasteiger partial charge in [0.2, 0.25) is 5.91 Å². The molecule has 3 rings (SSSR count). The number of aryl methyl sites for hydroxylation is 1. The van der Waals surface area contributed by atoms with Gasteiger partial charge in [-0.15, -0.1) is 0 Å². The van der Waals surface area contributed by atoms with Crippen LogP contribution in [0.1, 0.15) is 30.4 Å². The van der Waals surface area contributed by atoms with Crippen molar-refractivity contribution in [2.45, 2.75) is 32.7 Å². The van der Waals surface area contributed by atoms with E-state index in [1.165, 1.54) is 16.1 Å². The SMILES string of the molecule is Cc1ccccc1CN1CCCN(C(=O)C2=NN(C)C(=O)CC2)CC1. The Bertz CT molecular complexity index is 686. The van der Waals surface area contributed by atoms with E-state index in [9.17, 15) is 9.59 Å². The number of amides is 2. The van der Waals surface area contributed by atoms with Crippen LogP contribution in [0.3, 0.4) is 0 Å². The van der Waals surface area contributed by atoms with E-state index in [-0.39, 0.29) is 11.8 Å². The van der Waals surface area contributed by atoms with Crippen LogP contribution < -0.4 is 0 Å². The molecule has 0 aromatic heterocycles. The molecule has 0 saturated carbocycles. The van der Waals surface area contributed by atoms with Crippen molar-refractivity contribution in [2.24, 2.45) is 5.10 Å². The molecule has 0 atom stereocenters. The number of hydrogen-bond donors (Lipinski definition) is 0. The molecule has 0 N–H and O–H groups in total. The Morgan fingerprint density at radius 2 is 1.92 bits per heavy atom. The van der Waals surface area contributed by atoms with Crippen LogP contribution in [0, 0.1) is 6.92 Å². The lowest BCUT2D eigenvalue weighted by Gasteiger charge is -2.25. The Morgan fingerprint density at radius 1 is 1.12 bits per heavy atom. The normalized spacial score (nSPS) is 19.6. The van der Waals surface area contributed by atoms with Crippen molar-refractivity contribution in [3.05, 3.63) is 35.4 Å². The van der Waals surface area contributed by atoms with E-state index in [0.717, 1.165) is 32.6 Å². The predicted molar refractivity (Wildman–Crippen MR) is 97.1 cm³/mol. The second kappa shape index (κ2) is 7.78. The molecule has 1 saturated heterocycles. The third kappa shape index (κ3) is 4.25. The Labute approximate surface area is 149 Å². The van der Waals surface area contributed by atoms with E-state index in [1.807, 2.05) is 4.90 Å². The molecular weight excluding hydrogens is 316 g/mol. The highest BCUT2D eigenvalue weighted by Crippen LogP contribution is 2.14. The Morgan fingerprint density at radius 3 is 2.68 bits per heavy atom. The highest BCUT2D eigenvalue weighted by Gasteiger charge is 2.27. The van der Waals surface area contributed by atoms with Gasteiger partial charge in [-0.2, -0.15) is 5.10 Å². The van der Waals surface area contributed by atoms with E-state index < -0.39 is 0 Å². The van der Waals surface area contributed by atoms with Crippen LogP contribution in [0.4, 0.5) is 0 Å². The highest BCUT2D eigenvalue weighted by atomic mass is 16.2. The minimum absolute atomic E-state index is 0.0166. The third-order valence-electron chi connectivity index (χ3n) is 4.99. The van der Waals surface area contributed by atoms with Gasteiger partial charge in [0.1, 0.15) is 5.71 Å². The fraction of sp³-hybridized carbons (Fsp3) is 0.526. The zero-order chi connectivity index (χ0) is 17.8. The second-order valence-electron chi connectivity index (χ2n) is 6.81. The van der Waals surface area contributed by atoms with Crippen LogP contribution in [-0.4, -0.2) is 65.6 Å². The van der Waals surface area contributed by atoms with E-state index in [1.54, 1.807) is 7.05 Å². The number of hydrazone groups is 1. The van der Waals surface area contributed by atoms with Crippen LogP contribution in [0.2, 0.25) is 0 Å². The molecule has 2 heterocycles.